The average Bonchev–Trinajstić information content (AvgIpc) is 3.60. The van der Waals surface area contributed by atoms with Crippen molar-refractivity contribution in [2.45, 2.75) is 20.3 Å². The maximum atomic E-state index is 13.8. The van der Waals surface area contributed by atoms with Gasteiger partial charge in [-0.05, 0) is 85.4 Å². The zero-order valence-electron chi connectivity index (χ0n) is 19.2. The molecule has 1 heterocycles. The summed E-state index contributed by atoms with van der Waals surface area (Å²) < 4.78 is 0.944. The van der Waals surface area contributed by atoms with Crippen molar-refractivity contribution in [1.82, 2.24) is 4.90 Å². The first-order valence-electron chi connectivity index (χ1n) is 11.7. The van der Waals surface area contributed by atoms with E-state index in [1.165, 1.54) is 15.9 Å². The number of imide groups is 1. The molecule has 7 rings (SSSR count). The molecule has 2 saturated carbocycles. The first kappa shape index (κ1) is 23.3. The molecular formula is C27H23BrCl2N2O3. The average molecular weight is 574 g/mol. The molecule has 3 amide bonds. The van der Waals surface area contributed by atoms with Gasteiger partial charge in [0.2, 0.25) is 11.8 Å². The summed E-state index contributed by atoms with van der Waals surface area (Å²) in [5.41, 5.74) is 2.73. The summed E-state index contributed by atoms with van der Waals surface area (Å²) in [6, 6.07) is 8.44. The molecule has 2 aromatic carbocycles. The zero-order valence-corrected chi connectivity index (χ0v) is 22.3. The highest BCUT2D eigenvalue weighted by Crippen LogP contribution is 2.65. The van der Waals surface area contributed by atoms with Crippen molar-refractivity contribution in [2.24, 2.45) is 35.5 Å². The maximum absolute atomic E-state index is 13.8. The van der Waals surface area contributed by atoms with Gasteiger partial charge in [0.25, 0.3) is 5.91 Å². The number of rotatable bonds is 4. The Morgan fingerprint density at radius 2 is 1.57 bits per heavy atom. The van der Waals surface area contributed by atoms with Crippen LogP contribution in [0.25, 0.3) is 0 Å². The zero-order chi connectivity index (χ0) is 24.8. The predicted molar refractivity (Wildman–Crippen MR) is 138 cm³/mol. The van der Waals surface area contributed by atoms with Gasteiger partial charge in [-0.3, -0.25) is 24.2 Å². The van der Waals surface area contributed by atoms with E-state index >= 15 is 0 Å². The summed E-state index contributed by atoms with van der Waals surface area (Å²) in [5.74, 6) is -0.0724. The second-order valence-corrected chi connectivity index (χ2v) is 11.8. The van der Waals surface area contributed by atoms with Crippen LogP contribution in [0.4, 0.5) is 5.69 Å². The van der Waals surface area contributed by atoms with Gasteiger partial charge >= 0.3 is 0 Å². The van der Waals surface area contributed by atoms with E-state index in [4.69, 9.17) is 23.2 Å². The van der Waals surface area contributed by atoms with Crippen LogP contribution >= 0.6 is 39.1 Å². The van der Waals surface area contributed by atoms with E-state index < -0.39 is 5.91 Å². The number of aryl methyl sites for hydroxylation is 2. The molecule has 6 atom stereocenters. The van der Waals surface area contributed by atoms with Gasteiger partial charge < -0.3 is 0 Å². The molecule has 0 N–H and O–H groups in total. The first-order valence-corrected chi connectivity index (χ1v) is 13.3. The van der Waals surface area contributed by atoms with Crippen LogP contribution in [0.1, 0.15) is 27.9 Å². The minimum atomic E-state index is -0.396. The van der Waals surface area contributed by atoms with E-state index in [9.17, 15) is 14.4 Å². The van der Waals surface area contributed by atoms with Crippen molar-refractivity contribution < 1.29 is 14.4 Å². The number of carbonyl (C=O) groups excluding carboxylic acids is 3. The fraction of sp³-hybridized carbons (Fsp3) is 0.370. The third-order valence-electron chi connectivity index (χ3n) is 8.18. The third kappa shape index (κ3) is 3.52. The summed E-state index contributed by atoms with van der Waals surface area (Å²) in [4.78, 5) is 43.8. The highest BCUT2D eigenvalue weighted by Gasteiger charge is 2.67. The second-order valence-electron chi connectivity index (χ2n) is 10.2. The van der Waals surface area contributed by atoms with Gasteiger partial charge in [-0.25, -0.2) is 0 Å². The first-order chi connectivity index (χ1) is 16.7. The third-order valence-corrected chi connectivity index (χ3v) is 9.98. The lowest BCUT2D eigenvalue weighted by atomic mass is 9.63. The van der Waals surface area contributed by atoms with Gasteiger partial charge in [0.15, 0.2) is 0 Å². The summed E-state index contributed by atoms with van der Waals surface area (Å²) >= 11 is 16.0. The van der Waals surface area contributed by atoms with Crippen molar-refractivity contribution in [2.75, 3.05) is 11.6 Å². The normalized spacial score (nSPS) is 29.9. The molecule has 35 heavy (non-hydrogen) atoms. The van der Waals surface area contributed by atoms with Crippen LogP contribution in [-0.2, 0) is 9.59 Å². The number of benzene rings is 2. The molecule has 2 aromatic rings. The number of hydrogen-bond acceptors (Lipinski definition) is 3. The van der Waals surface area contributed by atoms with Crippen LogP contribution in [0.2, 0.25) is 10.0 Å². The van der Waals surface area contributed by atoms with Gasteiger partial charge in [0.05, 0.1) is 22.4 Å². The Hall–Kier alpha value is -2.15. The number of allylic oxidation sites excluding steroid dienone is 2. The van der Waals surface area contributed by atoms with E-state index in [2.05, 4.69) is 28.1 Å². The Balaban J connectivity index is 1.39. The van der Waals surface area contributed by atoms with Crippen LogP contribution in [0.5, 0.6) is 0 Å². The Bertz CT molecular complexity index is 1280. The molecule has 1 aliphatic heterocycles. The Morgan fingerprint density at radius 1 is 1.00 bits per heavy atom. The van der Waals surface area contributed by atoms with Crippen LogP contribution < -0.4 is 4.90 Å². The van der Waals surface area contributed by atoms with Crippen molar-refractivity contribution in [3.63, 3.8) is 0 Å². The summed E-state index contributed by atoms with van der Waals surface area (Å²) in [6.45, 7) is 3.72. The number of hydrogen-bond donors (Lipinski definition) is 0. The van der Waals surface area contributed by atoms with E-state index in [1.807, 2.05) is 26.0 Å². The highest BCUT2D eigenvalue weighted by atomic mass is 79.9. The van der Waals surface area contributed by atoms with Crippen molar-refractivity contribution in [1.29, 1.82) is 0 Å². The van der Waals surface area contributed by atoms with E-state index in [0.29, 0.717) is 22.5 Å². The number of halogens is 3. The Morgan fingerprint density at radius 3 is 2.11 bits per heavy atom. The molecule has 0 spiro atoms. The summed E-state index contributed by atoms with van der Waals surface area (Å²) in [6.07, 6.45) is 5.39. The number of nitrogens with zero attached hydrogens (tertiary/aromatic N) is 2. The van der Waals surface area contributed by atoms with Gasteiger partial charge in [0.1, 0.15) is 6.67 Å². The number of likely N-dealkylation sites (tertiary alicyclic amines) is 1. The van der Waals surface area contributed by atoms with Gasteiger partial charge in [-0.1, -0.05) is 51.3 Å². The molecule has 8 heteroatoms. The Kier molecular flexibility index (Phi) is 5.44. The minimum absolute atomic E-state index is 0.128. The minimum Gasteiger partial charge on any atom is -0.289 e. The van der Waals surface area contributed by atoms with Crippen molar-refractivity contribution in [3.8, 4) is 0 Å². The van der Waals surface area contributed by atoms with Gasteiger partial charge in [0, 0.05) is 15.2 Å². The highest BCUT2D eigenvalue weighted by molar-refractivity contribution is 9.10. The van der Waals surface area contributed by atoms with Crippen LogP contribution in [0, 0.1) is 49.4 Å². The van der Waals surface area contributed by atoms with Crippen molar-refractivity contribution >= 4 is 62.5 Å². The molecule has 6 unspecified atom stereocenters. The molecule has 5 aliphatic rings. The molecular weight excluding hydrogens is 551 g/mol. The monoisotopic (exact) mass is 572 g/mol. The van der Waals surface area contributed by atoms with E-state index in [-0.39, 0.29) is 52.7 Å². The molecule has 5 nitrogen and oxygen atoms in total. The molecule has 4 aliphatic carbocycles. The smallest absolute Gasteiger partial charge is 0.261 e. The fourth-order valence-electron chi connectivity index (χ4n) is 6.45. The molecule has 2 bridgehead atoms. The van der Waals surface area contributed by atoms with Gasteiger partial charge in [-0.2, -0.15) is 0 Å². The number of carbonyl (C=O) groups is 3. The lowest BCUT2D eigenvalue weighted by Crippen LogP contribution is -2.45. The lowest BCUT2D eigenvalue weighted by molar-refractivity contribution is -0.140. The molecule has 180 valence electrons. The van der Waals surface area contributed by atoms with Crippen LogP contribution in [-0.4, -0.2) is 29.3 Å². The predicted octanol–water partition coefficient (Wildman–Crippen LogP) is 6.03. The van der Waals surface area contributed by atoms with Crippen molar-refractivity contribution in [3.05, 3.63) is 73.7 Å². The molecule has 1 saturated heterocycles. The van der Waals surface area contributed by atoms with E-state index in [1.54, 1.807) is 12.1 Å². The SMILES string of the molecule is Cc1cc(N(CN2C(=O)C3C4C=CC(C5CC45)C3C2=O)C(=O)c2ccc(Cl)cc2Cl)cc(C)c1Br. The van der Waals surface area contributed by atoms with Gasteiger partial charge in [-0.15, -0.1) is 0 Å². The largest absolute Gasteiger partial charge is 0.289 e. The van der Waals surface area contributed by atoms with Crippen LogP contribution in [0.15, 0.2) is 47.0 Å². The van der Waals surface area contributed by atoms with E-state index in [0.717, 1.165) is 22.0 Å². The second kappa shape index (κ2) is 8.19. The summed E-state index contributed by atoms with van der Waals surface area (Å²) in [7, 11) is 0. The number of anilines is 1. The fourth-order valence-corrected chi connectivity index (χ4v) is 7.17. The Labute approximate surface area is 222 Å². The molecule has 3 fully saturated rings. The van der Waals surface area contributed by atoms with Crippen LogP contribution in [0.3, 0.4) is 0 Å². The molecule has 0 aromatic heterocycles. The summed E-state index contributed by atoms with van der Waals surface area (Å²) in [5, 5.41) is 0.636. The quantitative estimate of drug-likeness (QED) is 0.331. The maximum Gasteiger partial charge on any atom is 0.261 e. The topological polar surface area (TPSA) is 57.7 Å². The lowest BCUT2D eigenvalue weighted by Gasteiger charge is -2.37. The molecule has 0 radical (unpaired) electrons. The standard InChI is InChI=1S/C27H23BrCl2N2O3/c1-12-7-15(8-13(2)24(12)28)31(25(33)18-4-3-14(29)9-21(18)30)11-32-26(34)22-16-5-6-17(20-10-19(16)20)23(22)27(32)35/h3-9,16-17,19-20,22-23H,10-11H2,1-2H3. The number of amides is 3.